The van der Waals surface area contributed by atoms with E-state index in [9.17, 15) is 0 Å². The molecule has 0 atom stereocenters. The van der Waals surface area contributed by atoms with Crippen LogP contribution < -0.4 is 4.74 Å². The minimum atomic E-state index is -0.00199. The molecule has 0 N–H and O–H groups in total. The number of hydrogen-bond acceptors (Lipinski definition) is 3. The molecule has 4 nitrogen and oxygen atoms in total. The monoisotopic (exact) mass is 272 g/mol. The van der Waals surface area contributed by atoms with E-state index in [1.165, 1.54) is 0 Å². The van der Waals surface area contributed by atoms with E-state index in [4.69, 9.17) is 14.6 Å². The predicted molar refractivity (Wildman–Crippen MR) is 77.1 cm³/mol. The van der Waals surface area contributed by atoms with Gasteiger partial charge in [0.25, 0.3) is 0 Å². The van der Waals surface area contributed by atoms with Gasteiger partial charge in [0, 0.05) is 12.8 Å². The van der Waals surface area contributed by atoms with Gasteiger partial charge in [-0.25, -0.2) is 4.68 Å². The number of ether oxygens (including phenoxy) is 2. The molecule has 2 bridgehead atoms. The van der Waals surface area contributed by atoms with Crippen LogP contribution in [0.1, 0.15) is 33.6 Å². The molecule has 1 aromatic carbocycles. The number of hydrogen-bond donors (Lipinski definition) is 0. The minimum Gasteiger partial charge on any atom is -0.475 e. The topological polar surface area (TPSA) is 36.3 Å². The highest BCUT2D eigenvalue weighted by atomic mass is 16.5. The van der Waals surface area contributed by atoms with Crippen LogP contribution in [-0.2, 0) is 10.3 Å². The molecular weight excluding hydrogens is 252 g/mol. The van der Waals surface area contributed by atoms with Crippen molar-refractivity contribution in [1.29, 1.82) is 0 Å². The average Bonchev–Trinajstić information content (AvgIpc) is 2.99. The van der Waals surface area contributed by atoms with Crippen LogP contribution in [0, 0.1) is 0 Å². The fraction of sp³-hybridized carbons (Fsp3) is 0.562. The molecule has 106 valence electrons. The van der Waals surface area contributed by atoms with Crippen LogP contribution in [0.5, 0.6) is 5.88 Å². The predicted octanol–water partition coefficient (Wildman–Crippen LogP) is 3.10. The Morgan fingerprint density at radius 2 is 2.05 bits per heavy atom. The molecule has 0 spiro atoms. The smallest absolute Gasteiger partial charge is 0.220 e. The zero-order valence-corrected chi connectivity index (χ0v) is 12.2. The van der Waals surface area contributed by atoms with E-state index < -0.39 is 0 Å². The summed E-state index contributed by atoms with van der Waals surface area (Å²) in [6.07, 6.45) is 2.20. The third kappa shape index (κ3) is 1.54. The first kappa shape index (κ1) is 12.2. The Morgan fingerprint density at radius 1 is 1.30 bits per heavy atom. The highest BCUT2D eigenvalue weighted by Crippen LogP contribution is 2.57. The van der Waals surface area contributed by atoms with Crippen molar-refractivity contribution in [2.24, 2.45) is 0 Å². The summed E-state index contributed by atoms with van der Waals surface area (Å²) in [6.45, 7) is 7.04. The lowest BCUT2D eigenvalue weighted by Gasteiger charge is -2.42. The molecule has 0 radical (unpaired) electrons. The van der Waals surface area contributed by atoms with Crippen LogP contribution in [0.25, 0.3) is 10.9 Å². The Labute approximate surface area is 118 Å². The molecule has 2 aliphatic heterocycles. The first-order valence-corrected chi connectivity index (χ1v) is 7.30. The summed E-state index contributed by atoms with van der Waals surface area (Å²) < 4.78 is 14.1. The second-order valence-electron chi connectivity index (χ2n) is 6.72. The highest BCUT2D eigenvalue weighted by molar-refractivity contribution is 5.84. The van der Waals surface area contributed by atoms with Crippen LogP contribution in [0.2, 0.25) is 0 Å². The van der Waals surface area contributed by atoms with Gasteiger partial charge in [-0.1, -0.05) is 12.1 Å². The summed E-state index contributed by atoms with van der Waals surface area (Å²) in [5.41, 5.74) is 1.05. The second kappa shape index (κ2) is 3.76. The molecule has 2 saturated heterocycles. The lowest BCUT2D eigenvalue weighted by atomic mass is 9.69. The third-order valence-corrected chi connectivity index (χ3v) is 4.43. The quantitative estimate of drug-likeness (QED) is 0.861. The Kier molecular flexibility index (Phi) is 2.29. The van der Waals surface area contributed by atoms with E-state index >= 15 is 0 Å². The van der Waals surface area contributed by atoms with E-state index in [2.05, 4.69) is 31.5 Å². The van der Waals surface area contributed by atoms with Gasteiger partial charge in [-0.15, -0.1) is 0 Å². The zero-order chi connectivity index (χ0) is 14.0. The molecule has 1 aromatic heterocycles. The summed E-state index contributed by atoms with van der Waals surface area (Å²) in [6, 6.07) is 8.19. The molecule has 5 rings (SSSR count). The number of aromatic nitrogens is 2. The van der Waals surface area contributed by atoms with Gasteiger partial charge >= 0.3 is 0 Å². The van der Waals surface area contributed by atoms with Gasteiger partial charge in [0.15, 0.2) is 0 Å². The van der Waals surface area contributed by atoms with Crippen LogP contribution in [0.4, 0.5) is 0 Å². The van der Waals surface area contributed by atoms with Crippen molar-refractivity contribution in [3.05, 3.63) is 24.3 Å². The van der Waals surface area contributed by atoms with Crippen molar-refractivity contribution >= 4 is 10.9 Å². The number of benzene rings is 1. The van der Waals surface area contributed by atoms with Crippen LogP contribution in [0.15, 0.2) is 24.3 Å². The number of nitrogens with zero attached hydrogens (tertiary/aromatic N) is 2. The van der Waals surface area contributed by atoms with Crippen molar-refractivity contribution in [3.63, 3.8) is 0 Å². The van der Waals surface area contributed by atoms with E-state index in [0.29, 0.717) is 0 Å². The Bertz CT molecular complexity index is 668. The largest absolute Gasteiger partial charge is 0.475 e. The number of rotatable bonds is 3. The lowest BCUT2D eigenvalue weighted by molar-refractivity contribution is 0.00163. The molecule has 1 saturated carbocycles. The summed E-state index contributed by atoms with van der Waals surface area (Å²) >= 11 is 0. The van der Waals surface area contributed by atoms with Crippen molar-refractivity contribution in [2.75, 3.05) is 6.61 Å². The van der Waals surface area contributed by atoms with Gasteiger partial charge in [0.2, 0.25) is 5.88 Å². The van der Waals surface area contributed by atoms with Crippen LogP contribution in [0.3, 0.4) is 0 Å². The fourth-order valence-corrected chi connectivity index (χ4v) is 3.73. The standard InChI is InChI=1S/C16H20N2O2/c1-11(2)20-14-12-6-4-5-7-13(12)17-18(14)16-8-15(3,9-16)19-10-16/h4-7,11H,8-10H2,1-3H3. The molecule has 3 fully saturated rings. The summed E-state index contributed by atoms with van der Waals surface area (Å²) in [5.74, 6) is 0.892. The zero-order valence-electron chi connectivity index (χ0n) is 12.2. The summed E-state index contributed by atoms with van der Waals surface area (Å²) in [7, 11) is 0. The molecule has 20 heavy (non-hydrogen) atoms. The summed E-state index contributed by atoms with van der Waals surface area (Å²) in [5, 5.41) is 5.89. The molecule has 3 heterocycles. The van der Waals surface area contributed by atoms with Gasteiger partial charge in [-0.05, 0) is 32.9 Å². The van der Waals surface area contributed by atoms with Gasteiger partial charge in [0.1, 0.15) is 0 Å². The molecule has 4 heteroatoms. The molecular formula is C16H20N2O2. The van der Waals surface area contributed by atoms with Crippen molar-refractivity contribution in [3.8, 4) is 5.88 Å². The summed E-state index contributed by atoms with van der Waals surface area (Å²) in [4.78, 5) is 0. The Morgan fingerprint density at radius 3 is 2.70 bits per heavy atom. The van der Waals surface area contributed by atoms with Crippen LogP contribution >= 0.6 is 0 Å². The Hall–Kier alpha value is -1.55. The van der Waals surface area contributed by atoms with E-state index in [1.54, 1.807) is 0 Å². The third-order valence-electron chi connectivity index (χ3n) is 4.43. The van der Waals surface area contributed by atoms with Gasteiger partial charge < -0.3 is 9.47 Å². The van der Waals surface area contributed by atoms with Gasteiger partial charge in [0.05, 0.1) is 34.8 Å². The van der Waals surface area contributed by atoms with Crippen molar-refractivity contribution in [1.82, 2.24) is 9.78 Å². The molecule has 1 aliphatic carbocycles. The average molecular weight is 272 g/mol. The molecule has 2 aromatic rings. The normalized spacial score (nSPS) is 31.8. The highest BCUT2D eigenvalue weighted by Gasteiger charge is 2.62. The van der Waals surface area contributed by atoms with Crippen molar-refractivity contribution in [2.45, 2.75) is 50.9 Å². The van der Waals surface area contributed by atoms with Crippen LogP contribution in [-0.4, -0.2) is 28.1 Å². The van der Waals surface area contributed by atoms with E-state index in [-0.39, 0.29) is 17.2 Å². The fourth-order valence-electron chi connectivity index (χ4n) is 3.73. The molecule has 3 aliphatic rings. The molecule has 0 amide bonds. The molecule has 0 unspecified atom stereocenters. The van der Waals surface area contributed by atoms with Gasteiger partial charge in [-0.2, -0.15) is 5.10 Å². The van der Waals surface area contributed by atoms with E-state index in [1.807, 2.05) is 18.2 Å². The maximum Gasteiger partial charge on any atom is 0.220 e. The Balaban J connectivity index is 1.86. The van der Waals surface area contributed by atoms with Gasteiger partial charge in [-0.3, -0.25) is 0 Å². The SMILES string of the molecule is CC(C)Oc1c2ccccc2nn1C12COC(C)(C1)C2. The second-order valence-corrected chi connectivity index (χ2v) is 6.72. The van der Waals surface area contributed by atoms with E-state index in [0.717, 1.165) is 36.2 Å². The van der Waals surface area contributed by atoms with Crippen molar-refractivity contribution < 1.29 is 9.47 Å². The first-order chi connectivity index (χ1) is 9.51. The minimum absolute atomic E-state index is 0.00199. The maximum atomic E-state index is 6.08. The first-order valence-electron chi connectivity index (χ1n) is 7.30. The maximum absolute atomic E-state index is 6.08. The lowest BCUT2D eigenvalue weighted by Crippen LogP contribution is -2.49. The number of fused-ring (bicyclic) bond motifs is 2.